The number of hydrogen-bond donors (Lipinski definition) is 3. The molecule has 2 aromatic rings. The lowest BCUT2D eigenvalue weighted by Crippen LogP contribution is -2.48. The molecule has 5 N–H and O–H groups in total. The minimum atomic E-state index is -0.669. The van der Waals surface area contributed by atoms with Gasteiger partial charge >= 0.3 is 0 Å². The van der Waals surface area contributed by atoms with Crippen LogP contribution in [0.25, 0.3) is 0 Å². The Morgan fingerprint density at radius 2 is 2.10 bits per heavy atom. The molecule has 1 aromatic carbocycles. The van der Waals surface area contributed by atoms with Crippen LogP contribution in [0.3, 0.4) is 0 Å². The molecule has 2 aliphatic rings. The highest BCUT2D eigenvalue weighted by Gasteiger charge is 2.38. The van der Waals surface area contributed by atoms with E-state index >= 15 is 0 Å². The zero-order valence-electron chi connectivity index (χ0n) is 16.4. The fourth-order valence-corrected chi connectivity index (χ4v) is 4.13. The van der Waals surface area contributed by atoms with Crippen LogP contribution in [-0.2, 0) is 24.9 Å². The molecular weight excluding hydrogens is 380 g/mol. The number of nitrogens with two attached hydrogens (primary N) is 2. The summed E-state index contributed by atoms with van der Waals surface area (Å²) in [6.45, 7) is 1.64. The van der Waals surface area contributed by atoms with E-state index in [1.165, 1.54) is 5.01 Å². The maximum absolute atomic E-state index is 14.1. The summed E-state index contributed by atoms with van der Waals surface area (Å²) in [7, 11) is 3.47. The van der Waals surface area contributed by atoms with Gasteiger partial charge in [-0.1, -0.05) is 0 Å². The Morgan fingerprint density at radius 1 is 1.34 bits per heavy atom. The van der Waals surface area contributed by atoms with Gasteiger partial charge in [-0.25, -0.2) is 19.6 Å². The largest absolute Gasteiger partial charge is 0.370 e. The molecule has 29 heavy (non-hydrogen) atoms. The fourth-order valence-electron chi connectivity index (χ4n) is 4.13. The molecule has 1 aromatic heterocycles. The van der Waals surface area contributed by atoms with Crippen LogP contribution < -0.4 is 11.6 Å². The average molecular weight is 405 g/mol. The molecule has 156 valence electrons. The van der Waals surface area contributed by atoms with Gasteiger partial charge in [-0.3, -0.25) is 15.3 Å². The number of fused-ring (bicyclic) bond motifs is 1. The highest BCUT2D eigenvalue weighted by atomic mass is 19.1. The Kier molecular flexibility index (Phi) is 5.11. The predicted octanol–water partition coefficient (Wildman–Crippen LogP) is 1.00. The second-order valence-corrected chi connectivity index (χ2v) is 7.73. The van der Waals surface area contributed by atoms with Crippen LogP contribution in [0.2, 0.25) is 0 Å². The third-order valence-electron chi connectivity index (χ3n) is 5.75. The van der Waals surface area contributed by atoms with Crippen LogP contribution in [-0.4, -0.2) is 51.0 Å². The number of halogens is 2. The van der Waals surface area contributed by atoms with Crippen molar-refractivity contribution in [2.45, 2.75) is 37.7 Å². The van der Waals surface area contributed by atoms with Crippen LogP contribution in [0.1, 0.15) is 35.3 Å². The number of benzene rings is 1. The van der Waals surface area contributed by atoms with E-state index in [-0.39, 0.29) is 17.4 Å². The van der Waals surface area contributed by atoms with Gasteiger partial charge in [0.05, 0.1) is 18.0 Å². The molecule has 0 radical (unpaired) electrons. The molecule has 8 nitrogen and oxygen atoms in total. The van der Waals surface area contributed by atoms with Crippen molar-refractivity contribution < 1.29 is 13.5 Å². The van der Waals surface area contributed by atoms with Crippen LogP contribution >= 0.6 is 0 Å². The highest BCUT2D eigenvalue weighted by molar-refractivity contribution is 5.92. The van der Waals surface area contributed by atoms with Gasteiger partial charge in [0.1, 0.15) is 17.7 Å². The minimum absolute atomic E-state index is 0.0483. The van der Waals surface area contributed by atoms with Crippen molar-refractivity contribution in [3.63, 3.8) is 0 Å². The number of nitrogens with zero attached hydrogens (tertiary/aromatic N) is 4. The third-order valence-corrected chi connectivity index (χ3v) is 5.75. The lowest BCUT2D eigenvalue weighted by atomic mass is 9.93. The minimum Gasteiger partial charge on any atom is -0.370 e. The average Bonchev–Trinajstić information content (AvgIpc) is 3.23. The monoisotopic (exact) mass is 405 g/mol. The number of amidine groups is 1. The summed E-state index contributed by atoms with van der Waals surface area (Å²) >= 11 is 0. The fraction of sp³-hybridized carbons (Fsp3) is 0.474. The van der Waals surface area contributed by atoms with Gasteiger partial charge in [0.2, 0.25) is 0 Å². The van der Waals surface area contributed by atoms with Crippen LogP contribution in [0.5, 0.6) is 0 Å². The smallest absolute Gasteiger partial charge is 0.178 e. The van der Waals surface area contributed by atoms with Crippen LogP contribution in [0, 0.1) is 17.0 Å². The number of hydrogen-bond acceptors (Lipinski definition) is 6. The zero-order valence-corrected chi connectivity index (χ0v) is 16.4. The van der Waals surface area contributed by atoms with E-state index in [2.05, 4.69) is 9.88 Å². The van der Waals surface area contributed by atoms with E-state index in [4.69, 9.17) is 21.7 Å². The van der Waals surface area contributed by atoms with Crippen molar-refractivity contribution in [2.75, 3.05) is 13.7 Å². The molecule has 0 bridgehead atoms. The van der Waals surface area contributed by atoms with E-state index < -0.39 is 23.8 Å². The van der Waals surface area contributed by atoms with Crippen molar-refractivity contribution in [1.29, 1.82) is 5.41 Å². The van der Waals surface area contributed by atoms with E-state index in [1.54, 1.807) is 7.05 Å². The number of ether oxygens (including phenoxy) is 1. The quantitative estimate of drug-likeness (QED) is 0.304. The Balaban J connectivity index is 1.45. The number of rotatable bonds is 3. The molecule has 2 unspecified atom stereocenters. The molecule has 10 heteroatoms. The van der Waals surface area contributed by atoms with E-state index in [0.29, 0.717) is 31.9 Å². The summed E-state index contributed by atoms with van der Waals surface area (Å²) in [5.41, 5.74) is 8.38. The molecular formula is C19H25F2N7O. The molecule has 0 spiro atoms. The third kappa shape index (κ3) is 3.52. The normalized spacial score (nSPS) is 24.6. The van der Waals surface area contributed by atoms with Gasteiger partial charge < -0.3 is 15.0 Å². The van der Waals surface area contributed by atoms with E-state index in [1.807, 2.05) is 11.6 Å². The molecule has 0 aliphatic carbocycles. The van der Waals surface area contributed by atoms with Crippen molar-refractivity contribution in [2.24, 2.45) is 18.6 Å². The SMILES string of the molecule is CN(N)C(=N)c1nc2c(n1C)CN(C1CO[C@H](c3cc(F)ccc3F)C(N)C1)C2. The van der Waals surface area contributed by atoms with Crippen molar-refractivity contribution in [3.8, 4) is 0 Å². The summed E-state index contributed by atoms with van der Waals surface area (Å²) < 4.78 is 35.4. The summed E-state index contributed by atoms with van der Waals surface area (Å²) in [6, 6.07) is 2.94. The van der Waals surface area contributed by atoms with E-state index in [9.17, 15) is 8.78 Å². The number of imidazole rings is 1. The van der Waals surface area contributed by atoms with Crippen molar-refractivity contribution >= 4 is 5.84 Å². The first kappa shape index (κ1) is 19.9. The molecule has 1 fully saturated rings. The zero-order chi connectivity index (χ0) is 20.9. The summed E-state index contributed by atoms with van der Waals surface area (Å²) in [4.78, 5) is 6.79. The Labute approximate surface area is 167 Å². The summed E-state index contributed by atoms with van der Waals surface area (Å²) in [5, 5.41) is 9.28. The predicted molar refractivity (Wildman–Crippen MR) is 103 cm³/mol. The van der Waals surface area contributed by atoms with Gasteiger partial charge in [0.25, 0.3) is 0 Å². The standard InChI is InChI=1S/C19H25F2N7O/c1-26-16-8-28(7-15(16)25-19(26)18(23)27(2)24)11-6-14(22)17(29-9-11)12-5-10(20)3-4-13(12)21/h3-5,11,14,17,23H,6-9,22,24H2,1-2H3/t11?,14?,17-/m1/s1. The number of hydrazine groups is 1. The highest BCUT2D eigenvalue weighted by Crippen LogP contribution is 2.34. The number of aromatic nitrogens is 2. The summed E-state index contributed by atoms with van der Waals surface area (Å²) in [6.07, 6.45) is -0.0692. The van der Waals surface area contributed by atoms with Gasteiger partial charge in [0.15, 0.2) is 11.7 Å². The Morgan fingerprint density at radius 3 is 2.76 bits per heavy atom. The second kappa shape index (κ2) is 7.45. The van der Waals surface area contributed by atoms with Crippen molar-refractivity contribution in [1.82, 2.24) is 19.5 Å². The van der Waals surface area contributed by atoms with Gasteiger partial charge in [0, 0.05) is 44.8 Å². The lowest BCUT2D eigenvalue weighted by molar-refractivity contribution is -0.0535. The van der Waals surface area contributed by atoms with Crippen LogP contribution in [0.15, 0.2) is 18.2 Å². The molecule has 2 aliphatic heterocycles. The Hall–Kier alpha value is -2.40. The molecule has 4 rings (SSSR count). The first-order chi connectivity index (χ1) is 13.8. The molecule has 1 saturated heterocycles. The molecule has 0 saturated carbocycles. The number of nitrogens with one attached hydrogen (secondary N) is 1. The maximum Gasteiger partial charge on any atom is 0.178 e. The van der Waals surface area contributed by atoms with Crippen molar-refractivity contribution in [3.05, 3.63) is 52.6 Å². The first-order valence-electron chi connectivity index (χ1n) is 9.44. The van der Waals surface area contributed by atoms with Gasteiger partial charge in [-0.2, -0.15) is 0 Å². The Bertz CT molecular complexity index is 945. The topological polar surface area (TPSA) is 109 Å². The maximum atomic E-state index is 14.1. The lowest BCUT2D eigenvalue weighted by Gasteiger charge is -2.38. The van der Waals surface area contributed by atoms with Gasteiger partial charge in [-0.05, 0) is 24.6 Å². The summed E-state index contributed by atoms with van der Waals surface area (Å²) in [5.74, 6) is 5.32. The molecule has 3 atom stereocenters. The van der Waals surface area contributed by atoms with Gasteiger partial charge in [-0.15, -0.1) is 0 Å². The molecule has 0 amide bonds. The second-order valence-electron chi connectivity index (χ2n) is 7.73. The molecule has 3 heterocycles. The first-order valence-corrected chi connectivity index (χ1v) is 9.44. The van der Waals surface area contributed by atoms with Crippen LogP contribution in [0.4, 0.5) is 8.78 Å². The van der Waals surface area contributed by atoms with E-state index in [0.717, 1.165) is 29.6 Å².